The SMILES string of the molecule is c1ccc(-c2ccc(-c3cc(-c4ccc(-c5ccccc5)cc4)c4c5cccc6c5n(c4c3)-c3cccc4c3B6n3c5c-4cccc5c4c3c3cccc5c3n4B3c4c-5cccc4-n4c5cc(-c6ccc(-c7ccccc7)cc6)cc(-c6ccc(-c7ccccc7)cc6)c5c5cccc3c54)cc2)cc1. The zero-order valence-electron chi connectivity index (χ0n) is 56.4. The zero-order chi connectivity index (χ0) is 67.6. The maximum Gasteiger partial charge on any atom is 0.333 e. The lowest BCUT2D eigenvalue weighted by atomic mass is 9.45. The molecule has 20 aromatic rings. The van der Waals surface area contributed by atoms with E-state index in [1.165, 1.54) is 221 Å². The average Bonchev–Trinajstić information content (AvgIpc) is 1.81. The summed E-state index contributed by atoms with van der Waals surface area (Å²) < 4.78 is 10.9. The van der Waals surface area contributed by atoms with Crippen molar-refractivity contribution < 1.29 is 0 Å². The first-order chi connectivity index (χ1) is 51.6. The fourth-order valence-electron chi connectivity index (χ4n) is 19.4. The second-order valence-corrected chi connectivity index (χ2v) is 28.9. The largest absolute Gasteiger partial charge is 0.374 e. The van der Waals surface area contributed by atoms with Crippen LogP contribution in [0.15, 0.2) is 352 Å². The van der Waals surface area contributed by atoms with Crippen LogP contribution in [0.2, 0.25) is 0 Å². The summed E-state index contributed by atoms with van der Waals surface area (Å²) >= 11 is 0. The molecule has 0 spiro atoms. The first kappa shape index (κ1) is 56.4. The van der Waals surface area contributed by atoms with Crippen molar-refractivity contribution in [2.45, 2.75) is 0 Å². The summed E-state index contributed by atoms with van der Waals surface area (Å²) in [6.07, 6.45) is 0. The van der Waals surface area contributed by atoms with E-state index in [1.807, 2.05) is 0 Å². The van der Waals surface area contributed by atoms with Crippen molar-refractivity contribution in [2.75, 3.05) is 0 Å². The summed E-state index contributed by atoms with van der Waals surface area (Å²) in [7, 11) is 0. The van der Waals surface area contributed by atoms with Crippen molar-refractivity contribution >= 4 is 112 Å². The van der Waals surface area contributed by atoms with Crippen molar-refractivity contribution in [1.29, 1.82) is 0 Å². The molecule has 4 aliphatic heterocycles. The molecule has 4 nitrogen and oxygen atoms in total. The van der Waals surface area contributed by atoms with E-state index in [2.05, 4.69) is 370 Å². The fraction of sp³-hybridized carbons (Fsp3) is 0. The minimum absolute atomic E-state index is 0.141. The molecule has 104 heavy (non-hydrogen) atoms. The van der Waals surface area contributed by atoms with Crippen LogP contribution in [-0.2, 0) is 0 Å². The summed E-state index contributed by atoms with van der Waals surface area (Å²) in [6, 6.07) is 133. The molecule has 8 heterocycles. The minimum Gasteiger partial charge on any atom is -0.374 e. The second-order valence-electron chi connectivity index (χ2n) is 28.9. The van der Waals surface area contributed by atoms with Gasteiger partial charge < -0.3 is 18.1 Å². The van der Waals surface area contributed by atoms with E-state index in [-0.39, 0.29) is 13.7 Å². The molecule has 0 saturated heterocycles. The van der Waals surface area contributed by atoms with Gasteiger partial charge in [0, 0.05) is 65.9 Å². The van der Waals surface area contributed by atoms with Crippen LogP contribution >= 0.6 is 0 Å². The molecule has 0 amide bonds. The second kappa shape index (κ2) is 21.1. The number of nitrogens with zero attached hydrogens (tertiary/aromatic N) is 4. The molecule has 0 aliphatic carbocycles. The maximum absolute atomic E-state index is 2.81. The number of hydrogen-bond acceptors (Lipinski definition) is 0. The average molecular weight is 1310 g/mol. The molecule has 6 heteroatoms. The number of rotatable bonds is 8. The van der Waals surface area contributed by atoms with Gasteiger partial charge in [0.05, 0.1) is 33.1 Å². The number of fused-ring (bicyclic) bond motifs is 19. The molecular weight excluding hydrogens is 1250 g/mol. The third-order valence-electron chi connectivity index (χ3n) is 23.7. The Morgan fingerprint density at radius 2 is 0.471 bits per heavy atom. The highest BCUT2D eigenvalue weighted by Gasteiger charge is 2.46. The number of aromatic nitrogens is 4. The molecule has 476 valence electrons. The Kier molecular flexibility index (Phi) is 11.4. The van der Waals surface area contributed by atoms with Gasteiger partial charge in [0.2, 0.25) is 0 Å². The molecule has 0 radical (unpaired) electrons. The Morgan fingerprint density at radius 3 is 0.827 bits per heavy atom. The molecule has 16 aromatic carbocycles. The predicted molar refractivity (Wildman–Crippen MR) is 439 cm³/mol. The van der Waals surface area contributed by atoms with Crippen LogP contribution in [0.25, 0.3) is 199 Å². The van der Waals surface area contributed by atoms with E-state index < -0.39 is 0 Å². The normalized spacial score (nSPS) is 12.8. The predicted octanol–water partition coefficient (Wildman–Crippen LogP) is 22.2. The van der Waals surface area contributed by atoms with Gasteiger partial charge in [0.1, 0.15) is 0 Å². The van der Waals surface area contributed by atoms with Crippen molar-refractivity contribution in [3.8, 4) is 123 Å². The monoisotopic (exact) mass is 1310 g/mol. The quantitative estimate of drug-likeness (QED) is 0.135. The van der Waals surface area contributed by atoms with E-state index in [0.717, 1.165) is 0 Å². The van der Waals surface area contributed by atoms with Gasteiger partial charge in [0.15, 0.2) is 0 Å². The van der Waals surface area contributed by atoms with Crippen molar-refractivity contribution in [2.24, 2.45) is 0 Å². The summed E-state index contributed by atoms with van der Waals surface area (Å²) in [6.45, 7) is -0.282. The highest BCUT2D eigenvalue weighted by Crippen LogP contribution is 2.52. The highest BCUT2D eigenvalue weighted by molar-refractivity contribution is 6.92. The van der Waals surface area contributed by atoms with Gasteiger partial charge in [-0.2, -0.15) is 0 Å². The molecule has 0 fully saturated rings. The van der Waals surface area contributed by atoms with E-state index in [1.54, 1.807) is 0 Å². The summed E-state index contributed by atoms with van der Waals surface area (Å²) in [5.74, 6) is 0. The first-order valence-corrected chi connectivity index (χ1v) is 36.4. The molecule has 0 unspecified atom stereocenters. The maximum atomic E-state index is 2.81. The number of para-hydroxylation sites is 4. The lowest BCUT2D eigenvalue weighted by Crippen LogP contribution is -2.55. The Morgan fingerprint density at radius 1 is 0.183 bits per heavy atom. The lowest BCUT2D eigenvalue weighted by Gasteiger charge is -2.34. The lowest BCUT2D eigenvalue weighted by molar-refractivity contribution is 1.17. The fourth-order valence-corrected chi connectivity index (χ4v) is 19.4. The van der Waals surface area contributed by atoms with Gasteiger partial charge >= 0.3 is 13.7 Å². The Balaban J connectivity index is 0.744. The molecule has 4 aliphatic rings. The van der Waals surface area contributed by atoms with Gasteiger partial charge in [-0.25, -0.2) is 0 Å². The summed E-state index contributed by atoms with van der Waals surface area (Å²) in [5.41, 5.74) is 42.2. The molecular formula is C98H58B2N4. The summed E-state index contributed by atoms with van der Waals surface area (Å²) in [4.78, 5) is 0. The van der Waals surface area contributed by atoms with Gasteiger partial charge in [-0.15, -0.1) is 0 Å². The highest BCUT2D eigenvalue weighted by atomic mass is 15.1. The van der Waals surface area contributed by atoms with Crippen LogP contribution in [-0.4, -0.2) is 31.8 Å². The van der Waals surface area contributed by atoms with Crippen molar-refractivity contribution in [3.63, 3.8) is 0 Å². The van der Waals surface area contributed by atoms with Crippen molar-refractivity contribution in [1.82, 2.24) is 18.1 Å². The van der Waals surface area contributed by atoms with Crippen LogP contribution in [0.3, 0.4) is 0 Å². The van der Waals surface area contributed by atoms with Crippen LogP contribution in [0.4, 0.5) is 0 Å². The first-order valence-electron chi connectivity index (χ1n) is 36.4. The van der Waals surface area contributed by atoms with Crippen LogP contribution in [0.5, 0.6) is 0 Å². The van der Waals surface area contributed by atoms with Gasteiger partial charge in [-0.1, -0.05) is 315 Å². The Bertz CT molecular complexity index is 6660. The Hall–Kier alpha value is -13.4. The Labute approximate surface area is 600 Å². The van der Waals surface area contributed by atoms with E-state index in [9.17, 15) is 0 Å². The van der Waals surface area contributed by atoms with Gasteiger partial charge in [0.25, 0.3) is 0 Å². The van der Waals surface area contributed by atoms with E-state index >= 15 is 0 Å². The molecule has 24 rings (SSSR count). The molecule has 0 saturated carbocycles. The smallest absolute Gasteiger partial charge is 0.333 e. The number of benzene rings is 16. The number of hydrogen-bond donors (Lipinski definition) is 0. The third kappa shape index (κ3) is 7.62. The zero-order valence-corrected chi connectivity index (χ0v) is 56.4. The van der Waals surface area contributed by atoms with Crippen LogP contribution in [0, 0.1) is 0 Å². The third-order valence-corrected chi connectivity index (χ3v) is 23.7. The van der Waals surface area contributed by atoms with Crippen LogP contribution in [0.1, 0.15) is 0 Å². The van der Waals surface area contributed by atoms with Gasteiger partial charge in [-0.05, 0) is 158 Å². The van der Waals surface area contributed by atoms with Crippen LogP contribution < -0.4 is 21.9 Å². The van der Waals surface area contributed by atoms with Crippen molar-refractivity contribution in [3.05, 3.63) is 352 Å². The van der Waals surface area contributed by atoms with Gasteiger partial charge in [-0.3, -0.25) is 0 Å². The topological polar surface area (TPSA) is 19.7 Å². The molecule has 4 aromatic heterocycles. The molecule has 0 bridgehead atoms. The standard InChI is InChI=1S/C98H58B2N4/c1-5-19-59(20-6-1)63-39-43-67(44-40-63)71-55-81(69-51-47-65(48-52-69)61-23-9-3-10-24-61)89-77-31-15-35-83-95(77)101(87(89)57-71)85-37-17-27-73-75-29-13-33-79-93(75)103(99(83)91(73)85)97-80-34-14-30-76-74-28-18-38-86-92(74)100(104(94(76)80)98(79)97)84-36-16-32-78-90-82(70-53-49-66(50-54-70)62-25-11-4-12-26-62)56-72(58-88(90)102(86)96(78)84)68-45-41-64(42-46-68)60-21-7-2-8-22-60/h1-58H. The molecule has 0 N–H and O–H groups in total. The molecule has 0 atom stereocenters. The summed E-state index contributed by atoms with van der Waals surface area (Å²) in [5, 5.41) is 7.61. The minimum atomic E-state index is -0.141. The van der Waals surface area contributed by atoms with E-state index in [4.69, 9.17) is 0 Å². The van der Waals surface area contributed by atoms with E-state index in [0.29, 0.717) is 0 Å².